The van der Waals surface area contributed by atoms with Crippen molar-refractivity contribution in [1.29, 1.82) is 0 Å². The molecule has 0 unspecified atom stereocenters. The Labute approximate surface area is 511 Å². The first-order valence-electron chi connectivity index (χ1n) is 24.8. The molecule has 0 fully saturated rings. The van der Waals surface area contributed by atoms with E-state index in [0.29, 0.717) is 0 Å². The van der Waals surface area contributed by atoms with Gasteiger partial charge >= 0.3 is 148 Å². The van der Waals surface area contributed by atoms with Crippen LogP contribution in [0.3, 0.4) is 0 Å². The molecule has 0 bridgehead atoms. The Hall–Kier alpha value is 2.35. The van der Waals surface area contributed by atoms with E-state index in [9.17, 15) is 49.5 Å². The van der Waals surface area contributed by atoms with Crippen LogP contribution < -0.4 is 173 Å². The molecule has 0 radical (unpaired) electrons. The number of hydrogen-bond donors (Lipinski definition) is 0. The summed E-state index contributed by atoms with van der Waals surface area (Å²) < 4.78 is 0. The number of carbonyl (C=O) groups is 5. The molecule has 0 heterocycles. The zero-order valence-electron chi connectivity index (χ0n) is 44.9. The van der Waals surface area contributed by atoms with E-state index in [2.05, 4.69) is 34.6 Å². The minimum atomic E-state index is -0.913. The molecule has 10 nitrogen and oxygen atoms in total. The van der Waals surface area contributed by atoms with Gasteiger partial charge in [0, 0.05) is 29.8 Å². The van der Waals surface area contributed by atoms with Crippen LogP contribution in [-0.2, 0) is 24.0 Å². The molecule has 0 saturated carbocycles. The third-order valence-electron chi connectivity index (χ3n) is 9.92. The largest absolute Gasteiger partial charge is 1.00 e. The third kappa shape index (κ3) is 123. The summed E-state index contributed by atoms with van der Waals surface area (Å²) in [5.74, 6) is -4.57. The summed E-state index contributed by atoms with van der Waals surface area (Å²) in [5.41, 5.74) is 0. The Morgan fingerprint density at radius 2 is 0.292 bits per heavy atom. The maximum Gasteiger partial charge on any atom is 1.00 e. The third-order valence-corrected chi connectivity index (χ3v) is 9.92. The van der Waals surface area contributed by atoms with E-state index < -0.39 is 29.8 Å². The van der Waals surface area contributed by atoms with Gasteiger partial charge in [-0.2, -0.15) is 0 Å². The second kappa shape index (κ2) is 86.2. The molecule has 0 aromatic heterocycles. The normalized spacial score (nSPS) is 9.31. The summed E-state index contributed by atoms with van der Waals surface area (Å²) in [7, 11) is 0. The van der Waals surface area contributed by atoms with Gasteiger partial charge in [0.25, 0.3) is 0 Å². The molecule has 0 amide bonds. The minimum Gasteiger partial charge on any atom is -0.550 e. The van der Waals surface area contributed by atoms with E-state index in [1.165, 1.54) is 161 Å². The molecule has 0 saturated heterocycles. The van der Waals surface area contributed by atoms with E-state index in [1.54, 1.807) is 0 Å². The Morgan fingerprint density at radius 1 is 0.200 bits per heavy atom. The topological polar surface area (TPSA) is 201 Å². The minimum absolute atomic E-state index is 0. The number of hydrogen-bond acceptors (Lipinski definition) is 10. The molecule has 0 aromatic carbocycles. The van der Waals surface area contributed by atoms with Crippen molar-refractivity contribution in [3.05, 3.63) is 0 Å². The van der Waals surface area contributed by atoms with Gasteiger partial charge < -0.3 is 49.5 Å². The summed E-state index contributed by atoms with van der Waals surface area (Å²) in [6.07, 6.45) is 41.7. The second-order valence-corrected chi connectivity index (χ2v) is 16.2. The fourth-order valence-corrected chi connectivity index (χ4v) is 6.13. The van der Waals surface area contributed by atoms with E-state index >= 15 is 0 Å². The smallest absolute Gasteiger partial charge is 0.550 e. The van der Waals surface area contributed by atoms with E-state index in [4.69, 9.17) is 0 Å². The van der Waals surface area contributed by atoms with Crippen LogP contribution in [0.2, 0.25) is 0 Å². The predicted octanol–water partition coefficient (Wildman–Crippen LogP) is -5.60. The fraction of sp³-hybridized carbons (Fsp3) is 0.900. The van der Waals surface area contributed by atoms with Crippen LogP contribution in [-0.4, -0.2) is 29.8 Å². The number of carboxylic acid groups (broad SMARTS) is 5. The zero-order valence-corrected chi connectivity index (χ0v) is 54.9. The van der Waals surface area contributed by atoms with Crippen LogP contribution in [0.4, 0.5) is 0 Å². The first kappa shape index (κ1) is 90.1. The van der Waals surface area contributed by atoms with E-state index in [0.717, 1.165) is 64.2 Å². The first-order chi connectivity index (χ1) is 28.9. The van der Waals surface area contributed by atoms with Gasteiger partial charge in [0.1, 0.15) is 0 Å². The standard InChI is InChI=1S/5C10H20O2.5Na/c5*1-2-3-4-5-6-7-8-9-10(11)12;;;;;/h5*2-9H2,1H3,(H,11,12);;;;;/q;;;;;5*+1/p-5. The molecule has 15 heteroatoms. The van der Waals surface area contributed by atoms with Gasteiger partial charge in [-0.15, -0.1) is 0 Å². The molecule has 0 aliphatic heterocycles. The molecule has 0 aliphatic rings. The van der Waals surface area contributed by atoms with Gasteiger partial charge in [-0.25, -0.2) is 0 Å². The molecule has 65 heavy (non-hydrogen) atoms. The monoisotopic (exact) mass is 971 g/mol. The number of rotatable bonds is 40. The van der Waals surface area contributed by atoms with Crippen LogP contribution in [0.25, 0.3) is 0 Å². The number of carboxylic acids is 5. The summed E-state index contributed by atoms with van der Waals surface area (Å²) >= 11 is 0. The van der Waals surface area contributed by atoms with Crippen molar-refractivity contribution in [3.63, 3.8) is 0 Å². The number of carbonyl (C=O) groups excluding carboxylic acids is 5. The maximum absolute atomic E-state index is 10.0. The van der Waals surface area contributed by atoms with Gasteiger partial charge in [0.15, 0.2) is 0 Å². The van der Waals surface area contributed by atoms with Crippen molar-refractivity contribution in [3.8, 4) is 0 Å². The van der Waals surface area contributed by atoms with Gasteiger partial charge in [-0.1, -0.05) is 227 Å². The molecule has 0 spiro atoms. The second-order valence-electron chi connectivity index (χ2n) is 16.2. The van der Waals surface area contributed by atoms with Crippen molar-refractivity contribution in [2.24, 2.45) is 0 Å². The van der Waals surface area contributed by atoms with Gasteiger partial charge in [-0.05, 0) is 64.2 Å². The molecule has 0 atom stereocenters. The van der Waals surface area contributed by atoms with Crippen molar-refractivity contribution < 1.29 is 197 Å². The summed E-state index contributed by atoms with van der Waals surface area (Å²) in [4.78, 5) is 50.1. The van der Waals surface area contributed by atoms with Crippen LogP contribution in [0.5, 0.6) is 0 Å². The van der Waals surface area contributed by atoms with Crippen molar-refractivity contribution in [1.82, 2.24) is 0 Å². The summed E-state index contributed by atoms with van der Waals surface area (Å²) in [6, 6.07) is 0. The van der Waals surface area contributed by atoms with E-state index in [1.807, 2.05) is 0 Å². The van der Waals surface area contributed by atoms with Crippen LogP contribution in [0, 0.1) is 0 Å². The molecule has 360 valence electrons. The first-order valence-corrected chi connectivity index (χ1v) is 24.8. The molecule has 0 N–H and O–H groups in total. The summed E-state index contributed by atoms with van der Waals surface area (Å²) in [6.45, 7) is 11.0. The van der Waals surface area contributed by atoms with Crippen LogP contribution in [0.1, 0.15) is 291 Å². The quantitative estimate of drug-likeness (QED) is 0.0422. The molecular formula is C50H95Na5O10. The molecule has 0 aliphatic carbocycles. The van der Waals surface area contributed by atoms with Crippen molar-refractivity contribution in [2.75, 3.05) is 0 Å². The van der Waals surface area contributed by atoms with Gasteiger partial charge in [-0.3, -0.25) is 0 Å². The fourth-order valence-electron chi connectivity index (χ4n) is 6.13. The van der Waals surface area contributed by atoms with Crippen molar-refractivity contribution >= 4 is 29.8 Å². The Morgan fingerprint density at radius 3 is 0.385 bits per heavy atom. The van der Waals surface area contributed by atoms with Crippen LogP contribution in [0.15, 0.2) is 0 Å². The number of aliphatic carboxylic acids is 5. The number of unbranched alkanes of at least 4 members (excludes halogenated alkanes) is 30. The maximum atomic E-state index is 10.0. The molecule has 0 aromatic rings. The van der Waals surface area contributed by atoms with Gasteiger partial charge in [0.05, 0.1) is 0 Å². The summed E-state index contributed by atoms with van der Waals surface area (Å²) in [5, 5.41) is 50.1. The molecular weight excluding hydrogens is 875 g/mol. The predicted molar refractivity (Wildman–Crippen MR) is 238 cm³/mol. The van der Waals surface area contributed by atoms with Crippen molar-refractivity contribution in [2.45, 2.75) is 291 Å². The Kier molecular flexibility index (Phi) is 119. The average molecular weight is 971 g/mol. The Bertz CT molecular complexity index is 740. The zero-order chi connectivity index (χ0) is 46.2. The average Bonchev–Trinajstić information content (AvgIpc) is 3.19. The SMILES string of the molecule is CCCCCCCCCC(=O)[O-].CCCCCCCCCC(=O)[O-].CCCCCCCCCC(=O)[O-].CCCCCCCCCC(=O)[O-].CCCCCCCCCC(=O)[O-].[Na+].[Na+].[Na+].[Na+].[Na+]. The van der Waals surface area contributed by atoms with Crippen LogP contribution >= 0.6 is 0 Å². The van der Waals surface area contributed by atoms with Gasteiger partial charge in [0.2, 0.25) is 0 Å². The molecule has 0 rings (SSSR count). The Balaban J connectivity index is -0.0000000713. The van der Waals surface area contributed by atoms with E-state index in [-0.39, 0.29) is 180 Å².